The van der Waals surface area contributed by atoms with E-state index in [2.05, 4.69) is 6.92 Å². The highest BCUT2D eigenvalue weighted by Crippen LogP contribution is 2.35. The van der Waals surface area contributed by atoms with E-state index in [4.69, 9.17) is 9.84 Å². The Bertz CT molecular complexity index is 663. The van der Waals surface area contributed by atoms with Gasteiger partial charge in [0.2, 0.25) is 0 Å². The maximum absolute atomic E-state index is 13.3. The summed E-state index contributed by atoms with van der Waals surface area (Å²) < 4.78 is 45.6. The first-order valence-corrected chi connectivity index (χ1v) is 9.05. The molecule has 2 rings (SSSR count). The number of rotatable bonds is 8. The maximum Gasteiger partial charge on any atom is 0.416 e. The summed E-state index contributed by atoms with van der Waals surface area (Å²) in [6.07, 6.45) is 1.28. The van der Waals surface area contributed by atoms with Gasteiger partial charge < -0.3 is 9.84 Å². The molecule has 0 aliphatic heterocycles. The van der Waals surface area contributed by atoms with Crippen LogP contribution in [-0.4, -0.2) is 17.7 Å². The van der Waals surface area contributed by atoms with Gasteiger partial charge in [0.05, 0.1) is 5.56 Å². The maximum atomic E-state index is 13.3. The van der Waals surface area contributed by atoms with Gasteiger partial charge in [-0.1, -0.05) is 25.0 Å². The molecule has 0 bridgehead atoms. The molecule has 0 fully saturated rings. The fraction of sp³-hybridized carbons (Fsp3) is 0.550. The van der Waals surface area contributed by atoms with E-state index in [1.54, 1.807) is 0 Å². The van der Waals surface area contributed by atoms with Crippen LogP contribution in [0.5, 0.6) is 5.75 Å². The van der Waals surface area contributed by atoms with Crippen LogP contribution < -0.4 is 4.74 Å². The summed E-state index contributed by atoms with van der Waals surface area (Å²) in [6, 6.07) is 3.80. The summed E-state index contributed by atoms with van der Waals surface area (Å²) in [5.41, 5.74) is 1.76. The number of alkyl halides is 3. The summed E-state index contributed by atoms with van der Waals surface area (Å²) in [6.45, 7) is 2.44. The molecule has 1 aromatic rings. The third-order valence-corrected chi connectivity index (χ3v) is 4.67. The van der Waals surface area contributed by atoms with Crippen LogP contribution in [0, 0.1) is 0 Å². The van der Waals surface area contributed by atoms with Crippen molar-refractivity contribution < 1.29 is 27.8 Å². The smallest absolute Gasteiger partial charge is 0.416 e. The zero-order valence-corrected chi connectivity index (χ0v) is 15.0. The highest BCUT2D eigenvalue weighted by atomic mass is 19.4. The highest BCUT2D eigenvalue weighted by Gasteiger charge is 2.33. The Balaban J connectivity index is 2.15. The number of hydrogen-bond donors (Lipinski definition) is 1. The van der Waals surface area contributed by atoms with E-state index in [9.17, 15) is 18.0 Å². The molecule has 1 aliphatic carbocycles. The quantitative estimate of drug-likeness (QED) is 0.591. The molecule has 0 amide bonds. The second kappa shape index (κ2) is 9.10. The van der Waals surface area contributed by atoms with Crippen molar-refractivity contribution in [1.82, 2.24) is 0 Å². The Morgan fingerprint density at radius 3 is 2.46 bits per heavy atom. The number of carbonyl (C=O) groups is 1. The topological polar surface area (TPSA) is 46.5 Å². The number of aryl methyl sites for hydroxylation is 1. The number of hydrogen-bond acceptors (Lipinski definition) is 2. The van der Waals surface area contributed by atoms with Crippen molar-refractivity contribution in [2.75, 3.05) is 6.61 Å². The largest absolute Gasteiger partial charge is 0.489 e. The first kappa shape index (κ1) is 20.3. The van der Waals surface area contributed by atoms with Gasteiger partial charge in [-0.05, 0) is 61.8 Å². The van der Waals surface area contributed by atoms with Gasteiger partial charge in [-0.15, -0.1) is 0 Å². The molecule has 26 heavy (non-hydrogen) atoms. The van der Waals surface area contributed by atoms with Crippen molar-refractivity contribution in [2.24, 2.45) is 0 Å². The van der Waals surface area contributed by atoms with Gasteiger partial charge in [0.15, 0.2) is 0 Å². The molecule has 0 aromatic heterocycles. The van der Waals surface area contributed by atoms with Gasteiger partial charge in [-0.3, -0.25) is 4.79 Å². The number of ether oxygens (including phenoxy) is 1. The molecule has 1 aliphatic rings. The highest BCUT2D eigenvalue weighted by molar-refractivity contribution is 5.67. The molecule has 144 valence electrons. The molecule has 0 unspecified atom stereocenters. The van der Waals surface area contributed by atoms with E-state index in [0.717, 1.165) is 44.6 Å². The number of allylic oxidation sites excluding steroid dienone is 1. The van der Waals surface area contributed by atoms with Crippen LogP contribution in [-0.2, 0) is 17.4 Å². The van der Waals surface area contributed by atoms with Crippen molar-refractivity contribution in [3.63, 3.8) is 0 Å². The van der Waals surface area contributed by atoms with Crippen LogP contribution in [0.25, 0.3) is 0 Å². The molecule has 1 aromatic carbocycles. The minimum atomic E-state index is -4.54. The molecule has 0 saturated heterocycles. The van der Waals surface area contributed by atoms with Gasteiger partial charge in [0.1, 0.15) is 12.4 Å². The molecule has 1 N–H and O–H groups in total. The molecule has 0 heterocycles. The number of halogens is 3. The summed E-state index contributed by atoms with van der Waals surface area (Å²) in [7, 11) is 0. The van der Waals surface area contributed by atoms with E-state index < -0.39 is 17.7 Å². The molecule has 6 heteroatoms. The van der Waals surface area contributed by atoms with Gasteiger partial charge in [0.25, 0.3) is 0 Å². The predicted molar refractivity (Wildman–Crippen MR) is 93.3 cm³/mol. The Morgan fingerprint density at radius 1 is 1.15 bits per heavy atom. The second-order valence-corrected chi connectivity index (χ2v) is 6.66. The molecule has 3 nitrogen and oxygen atoms in total. The SMILES string of the molecule is CCCC1=C(COc2ccc(CCC(=O)O)c(C(F)(F)F)c2)CCCC1. The van der Waals surface area contributed by atoms with Crippen LogP contribution in [0.3, 0.4) is 0 Å². The zero-order valence-electron chi connectivity index (χ0n) is 15.0. The predicted octanol–water partition coefficient (Wildman–Crippen LogP) is 5.77. The van der Waals surface area contributed by atoms with E-state index in [0.29, 0.717) is 6.61 Å². The van der Waals surface area contributed by atoms with Crippen molar-refractivity contribution in [1.29, 1.82) is 0 Å². The average Bonchev–Trinajstić information content (AvgIpc) is 2.59. The number of carboxylic acids is 1. The molecule has 0 radical (unpaired) electrons. The van der Waals surface area contributed by atoms with Crippen LogP contribution in [0.2, 0.25) is 0 Å². The molecule has 0 saturated carbocycles. The molecular formula is C20H25F3O3. The summed E-state index contributed by atoms with van der Waals surface area (Å²) >= 11 is 0. The molecule has 0 spiro atoms. The zero-order chi connectivity index (χ0) is 19.2. The van der Waals surface area contributed by atoms with E-state index in [1.807, 2.05) is 0 Å². The van der Waals surface area contributed by atoms with Gasteiger partial charge in [-0.25, -0.2) is 0 Å². The molecular weight excluding hydrogens is 345 g/mol. The van der Waals surface area contributed by atoms with Gasteiger partial charge in [-0.2, -0.15) is 13.2 Å². The molecule has 0 atom stereocenters. The second-order valence-electron chi connectivity index (χ2n) is 6.66. The van der Waals surface area contributed by atoms with E-state index in [1.165, 1.54) is 23.3 Å². The van der Waals surface area contributed by atoms with Crippen molar-refractivity contribution in [3.05, 3.63) is 40.5 Å². The minimum absolute atomic E-state index is 0.0178. The Morgan fingerprint density at radius 2 is 1.85 bits per heavy atom. The first-order valence-electron chi connectivity index (χ1n) is 9.05. The average molecular weight is 370 g/mol. The van der Waals surface area contributed by atoms with Crippen molar-refractivity contribution in [2.45, 2.75) is 64.5 Å². The fourth-order valence-corrected chi connectivity index (χ4v) is 3.35. The number of aliphatic carboxylic acids is 1. The third-order valence-electron chi connectivity index (χ3n) is 4.67. The lowest BCUT2D eigenvalue weighted by atomic mass is 9.89. The Kier molecular flexibility index (Phi) is 7.12. The Hall–Kier alpha value is -1.98. The monoisotopic (exact) mass is 370 g/mol. The standard InChI is InChI=1S/C20H25F3O3/c1-2-5-14-6-3-4-7-16(14)13-26-17-10-8-15(9-11-19(24)25)18(12-17)20(21,22)23/h8,10,12H,2-7,9,11,13H2,1H3,(H,24,25). The van der Waals surface area contributed by atoms with Gasteiger partial charge in [0, 0.05) is 6.42 Å². The van der Waals surface area contributed by atoms with Crippen molar-refractivity contribution in [3.8, 4) is 5.75 Å². The number of carboxylic acid groups (broad SMARTS) is 1. The fourth-order valence-electron chi connectivity index (χ4n) is 3.35. The van der Waals surface area contributed by atoms with E-state index in [-0.39, 0.29) is 24.2 Å². The first-order chi connectivity index (χ1) is 12.3. The van der Waals surface area contributed by atoms with Crippen LogP contribution in [0.4, 0.5) is 13.2 Å². The van der Waals surface area contributed by atoms with Gasteiger partial charge >= 0.3 is 12.1 Å². The van der Waals surface area contributed by atoms with Crippen LogP contribution in [0.1, 0.15) is 63.0 Å². The minimum Gasteiger partial charge on any atom is -0.489 e. The lowest BCUT2D eigenvalue weighted by Gasteiger charge is -2.21. The van der Waals surface area contributed by atoms with Crippen LogP contribution in [0.15, 0.2) is 29.3 Å². The Labute approximate surface area is 151 Å². The van der Waals surface area contributed by atoms with E-state index >= 15 is 0 Å². The third kappa shape index (κ3) is 5.78. The summed E-state index contributed by atoms with van der Waals surface area (Å²) in [5, 5.41) is 8.71. The summed E-state index contributed by atoms with van der Waals surface area (Å²) in [5.74, 6) is -0.948. The lowest BCUT2D eigenvalue weighted by molar-refractivity contribution is -0.140. The normalized spacial score (nSPS) is 15.2. The van der Waals surface area contributed by atoms with Crippen molar-refractivity contribution >= 4 is 5.97 Å². The summed E-state index contributed by atoms with van der Waals surface area (Å²) in [4.78, 5) is 10.7. The van der Waals surface area contributed by atoms with Crippen LogP contribution >= 0.6 is 0 Å². The lowest BCUT2D eigenvalue weighted by Crippen LogP contribution is -2.12. The number of benzene rings is 1.